The van der Waals surface area contributed by atoms with E-state index in [4.69, 9.17) is 0 Å². The van der Waals surface area contributed by atoms with E-state index < -0.39 is 5.97 Å². The summed E-state index contributed by atoms with van der Waals surface area (Å²) >= 11 is 0. The normalized spacial score (nSPS) is 9.29. The largest absolute Gasteiger partial charge is 0.465 e. The van der Waals surface area contributed by atoms with Crippen molar-refractivity contribution in [1.82, 2.24) is 4.98 Å². The first-order valence-corrected chi connectivity index (χ1v) is 4.12. The van der Waals surface area contributed by atoms with Gasteiger partial charge in [-0.3, -0.25) is 0 Å². The molecule has 4 nitrogen and oxygen atoms in total. The maximum Gasteiger partial charge on any atom is 0.341 e. The van der Waals surface area contributed by atoms with Crippen molar-refractivity contribution in [3.05, 3.63) is 30.0 Å². The zero-order valence-corrected chi connectivity index (χ0v) is 8.20. The molecule has 1 aromatic rings. The third kappa shape index (κ3) is 1.90. The minimum Gasteiger partial charge on any atom is -0.465 e. The Balaban J connectivity index is 3.17. The Bertz CT molecular complexity index is 361. The lowest BCUT2D eigenvalue weighted by Crippen LogP contribution is -2.07. The number of pyridine rings is 1. The smallest absolute Gasteiger partial charge is 0.341 e. The lowest BCUT2D eigenvalue weighted by atomic mass is 10.2. The van der Waals surface area contributed by atoms with E-state index in [0.29, 0.717) is 17.1 Å². The number of rotatable bonds is 3. The van der Waals surface area contributed by atoms with E-state index in [1.807, 2.05) is 0 Å². The first-order chi connectivity index (χ1) is 6.72. The van der Waals surface area contributed by atoms with E-state index in [1.54, 1.807) is 25.3 Å². The van der Waals surface area contributed by atoms with Gasteiger partial charge in [-0.15, -0.1) is 0 Å². The highest BCUT2D eigenvalue weighted by atomic mass is 16.5. The van der Waals surface area contributed by atoms with Crippen molar-refractivity contribution in [2.24, 2.45) is 0 Å². The number of ether oxygens (including phenoxy) is 1. The molecule has 0 aromatic carbocycles. The van der Waals surface area contributed by atoms with Gasteiger partial charge in [-0.05, 0) is 18.2 Å². The van der Waals surface area contributed by atoms with Crippen LogP contribution < -0.4 is 5.32 Å². The van der Waals surface area contributed by atoms with Crippen LogP contribution in [0, 0.1) is 0 Å². The van der Waals surface area contributed by atoms with E-state index in [0.717, 1.165) is 0 Å². The minimum absolute atomic E-state index is 0.405. The average Bonchev–Trinajstić information content (AvgIpc) is 2.27. The monoisotopic (exact) mass is 192 g/mol. The summed E-state index contributed by atoms with van der Waals surface area (Å²) in [5.74, 6) is 0.0895. The van der Waals surface area contributed by atoms with Crippen molar-refractivity contribution in [1.29, 1.82) is 0 Å². The molecule has 0 aliphatic heterocycles. The highest BCUT2D eigenvalue weighted by molar-refractivity contribution is 5.94. The average molecular weight is 192 g/mol. The number of anilines is 1. The van der Waals surface area contributed by atoms with Crippen LogP contribution in [0.15, 0.2) is 18.7 Å². The van der Waals surface area contributed by atoms with Gasteiger partial charge >= 0.3 is 5.97 Å². The van der Waals surface area contributed by atoms with E-state index in [9.17, 15) is 4.79 Å². The standard InChI is InChI=1S/C10H12N2O2/c1-4-7-5-6-8(10(13)14-3)9(11-2)12-7/h4-6H,1H2,2-3H3,(H,11,12). The van der Waals surface area contributed by atoms with Crippen molar-refractivity contribution >= 4 is 17.9 Å². The molecule has 0 amide bonds. The lowest BCUT2D eigenvalue weighted by Gasteiger charge is -2.06. The fourth-order valence-corrected chi connectivity index (χ4v) is 1.05. The van der Waals surface area contributed by atoms with Gasteiger partial charge in [0.1, 0.15) is 11.4 Å². The van der Waals surface area contributed by atoms with Gasteiger partial charge in [0.05, 0.1) is 12.8 Å². The van der Waals surface area contributed by atoms with Crippen LogP contribution in [-0.2, 0) is 4.74 Å². The zero-order valence-electron chi connectivity index (χ0n) is 8.20. The summed E-state index contributed by atoms with van der Waals surface area (Å²) in [6, 6.07) is 3.36. The van der Waals surface area contributed by atoms with Gasteiger partial charge in [-0.25, -0.2) is 9.78 Å². The zero-order chi connectivity index (χ0) is 10.6. The number of carbonyl (C=O) groups excluding carboxylic acids is 1. The van der Waals surface area contributed by atoms with Crippen LogP contribution in [0.25, 0.3) is 6.08 Å². The second kappa shape index (κ2) is 4.41. The molecule has 0 unspecified atom stereocenters. The summed E-state index contributed by atoms with van der Waals surface area (Å²) in [5.41, 5.74) is 1.13. The molecule has 0 bridgehead atoms. The van der Waals surface area contributed by atoms with E-state index in [-0.39, 0.29) is 0 Å². The van der Waals surface area contributed by atoms with Crippen LogP contribution in [0.1, 0.15) is 16.1 Å². The maximum absolute atomic E-state index is 11.3. The van der Waals surface area contributed by atoms with Gasteiger partial charge in [-0.1, -0.05) is 6.58 Å². The highest BCUT2D eigenvalue weighted by Gasteiger charge is 2.11. The van der Waals surface area contributed by atoms with Crippen molar-refractivity contribution in [2.45, 2.75) is 0 Å². The maximum atomic E-state index is 11.3. The molecule has 0 fully saturated rings. The van der Waals surface area contributed by atoms with Crippen LogP contribution in [0.3, 0.4) is 0 Å². The SMILES string of the molecule is C=Cc1ccc(C(=O)OC)c(NC)n1. The Morgan fingerprint density at radius 3 is 2.86 bits per heavy atom. The molecule has 1 heterocycles. The molecule has 0 saturated carbocycles. The predicted molar refractivity (Wildman–Crippen MR) is 55.2 cm³/mol. The summed E-state index contributed by atoms with van der Waals surface area (Å²) in [6.45, 7) is 3.59. The molecule has 1 rings (SSSR count). The van der Waals surface area contributed by atoms with E-state index >= 15 is 0 Å². The first kappa shape index (κ1) is 10.2. The molecule has 0 spiro atoms. The summed E-state index contributed by atoms with van der Waals surface area (Å²) in [6.07, 6.45) is 1.61. The highest BCUT2D eigenvalue weighted by Crippen LogP contribution is 2.14. The number of nitrogens with one attached hydrogen (secondary N) is 1. The van der Waals surface area contributed by atoms with Crippen molar-refractivity contribution in [3.8, 4) is 0 Å². The van der Waals surface area contributed by atoms with Crippen molar-refractivity contribution < 1.29 is 9.53 Å². The van der Waals surface area contributed by atoms with Gasteiger partial charge in [0.25, 0.3) is 0 Å². The Morgan fingerprint density at radius 1 is 1.64 bits per heavy atom. The molecule has 0 atom stereocenters. The van der Waals surface area contributed by atoms with Crippen molar-refractivity contribution in [2.75, 3.05) is 19.5 Å². The Hall–Kier alpha value is -1.84. The number of esters is 1. The topological polar surface area (TPSA) is 51.2 Å². The van der Waals surface area contributed by atoms with Crippen LogP contribution in [0.2, 0.25) is 0 Å². The first-order valence-electron chi connectivity index (χ1n) is 4.12. The molecule has 0 radical (unpaired) electrons. The Kier molecular flexibility index (Phi) is 3.23. The molecule has 1 aromatic heterocycles. The van der Waals surface area contributed by atoms with E-state index in [2.05, 4.69) is 21.6 Å². The number of carbonyl (C=O) groups is 1. The van der Waals surface area contributed by atoms with Gasteiger partial charge < -0.3 is 10.1 Å². The molecule has 0 aliphatic carbocycles. The molecule has 0 saturated heterocycles. The molecular weight excluding hydrogens is 180 g/mol. The summed E-state index contributed by atoms with van der Waals surface area (Å²) < 4.78 is 4.61. The summed E-state index contributed by atoms with van der Waals surface area (Å²) in [7, 11) is 3.03. The Labute approximate surface area is 82.6 Å². The molecule has 4 heteroatoms. The molecule has 1 N–H and O–H groups in total. The van der Waals surface area contributed by atoms with Crippen molar-refractivity contribution in [3.63, 3.8) is 0 Å². The Morgan fingerprint density at radius 2 is 2.36 bits per heavy atom. The number of hydrogen-bond acceptors (Lipinski definition) is 4. The number of nitrogens with zero attached hydrogens (tertiary/aromatic N) is 1. The van der Waals surface area contributed by atoms with Gasteiger partial charge in [0, 0.05) is 7.05 Å². The quantitative estimate of drug-likeness (QED) is 0.738. The minimum atomic E-state index is -0.405. The second-order valence-corrected chi connectivity index (χ2v) is 2.58. The van der Waals surface area contributed by atoms with Crippen LogP contribution in [0.4, 0.5) is 5.82 Å². The number of aromatic nitrogens is 1. The van der Waals surface area contributed by atoms with Crippen LogP contribution in [0.5, 0.6) is 0 Å². The van der Waals surface area contributed by atoms with Gasteiger partial charge in [0.2, 0.25) is 0 Å². The third-order valence-electron chi connectivity index (χ3n) is 1.77. The van der Waals surface area contributed by atoms with Crippen LogP contribution >= 0.6 is 0 Å². The van der Waals surface area contributed by atoms with Gasteiger partial charge in [-0.2, -0.15) is 0 Å². The third-order valence-corrected chi connectivity index (χ3v) is 1.77. The fraction of sp³-hybridized carbons (Fsp3) is 0.200. The van der Waals surface area contributed by atoms with Gasteiger partial charge in [0.15, 0.2) is 0 Å². The van der Waals surface area contributed by atoms with E-state index in [1.165, 1.54) is 7.11 Å². The summed E-state index contributed by atoms with van der Waals surface area (Å²) in [5, 5.41) is 2.83. The molecule has 0 aliphatic rings. The molecule has 74 valence electrons. The molecule has 14 heavy (non-hydrogen) atoms. The number of methoxy groups -OCH3 is 1. The summed E-state index contributed by atoms with van der Waals surface area (Å²) in [4.78, 5) is 15.4. The van der Waals surface area contributed by atoms with Crippen LogP contribution in [-0.4, -0.2) is 25.1 Å². The lowest BCUT2D eigenvalue weighted by molar-refractivity contribution is 0.0601. The molecular formula is C10H12N2O2. The predicted octanol–water partition coefficient (Wildman–Crippen LogP) is 1.55. The second-order valence-electron chi connectivity index (χ2n) is 2.58. The number of hydrogen-bond donors (Lipinski definition) is 1. The fourth-order valence-electron chi connectivity index (χ4n) is 1.05.